The van der Waals surface area contributed by atoms with Crippen LogP contribution in [0, 0.1) is 16.7 Å². The van der Waals surface area contributed by atoms with Crippen molar-refractivity contribution < 1.29 is 31.1 Å². The minimum atomic E-state index is -4.63. The number of rotatable bonds is 6. The van der Waals surface area contributed by atoms with Gasteiger partial charge >= 0.3 is 11.7 Å². The smallest absolute Gasteiger partial charge is 0.276 e. The molecule has 0 aliphatic rings. The summed E-state index contributed by atoms with van der Waals surface area (Å²) in [6.45, 7) is 4.65. The fourth-order valence-electron chi connectivity index (χ4n) is 4.40. The van der Waals surface area contributed by atoms with Gasteiger partial charge < -0.3 is 0 Å². The third-order valence-electron chi connectivity index (χ3n) is 6.76. The molecule has 0 aliphatic heterocycles. The van der Waals surface area contributed by atoms with E-state index in [-0.39, 0.29) is 39.3 Å². The van der Waals surface area contributed by atoms with Crippen LogP contribution in [-0.2, 0) is 12.7 Å². The van der Waals surface area contributed by atoms with Gasteiger partial charge in [0.05, 0.1) is 18.2 Å². The van der Waals surface area contributed by atoms with Crippen molar-refractivity contribution >= 4 is 57.5 Å². The fourth-order valence-corrected chi connectivity index (χ4v) is 5.48. The zero-order chi connectivity index (χ0) is 32.7. The van der Waals surface area contributed by atoms with Crippen LogP contribution in [0.15, 0.2) is 71.6 Å². The van der Waals surface area contributed by atoms with Gasteiger partial charge in [0, 0.05) is 26.5 Å². The summed E-state index contributed by atoms with van der Waals surface area (Å²) in [5.74, 6) is -0.866. The van der Waals surface area contributed by atoms with E-state index in [1.54, 1.807) is 39.0 Å². The number of thiocarbonyl (C=S) groups is 1. The number of nitriles is 1. The first-order valence-electron chi connectivity index (χ1n) is 12.7. The number of hydrogen-bond donors (Lipinski definition) is 0. The summed E-state index contributed by atoms with van der Waals surface area (Å²) in [4.78, 5) is 16.0. The Hall–Kier alpha value is -3.67. The van der Waals surface area contributed by atoms with Crippen LogP contribution in [-0.4, -0.2) is 41.8 Å². The number of thioether (sulfide) groups is 1. The van der Waals surface area contributed by atoms with Gasteiger partial charge in [0.25, 0.3) is 5.91 Å². The average Bonchev–Trinajstić information content (AvgIpc) is 3.32. The standard InChI is InChI=1S/C29H22ClF6N5OS2/c1-26(2,3)27(15-37,16-40-38-22-13-10-20(30)14-23(22)39-40)41(25(43)18-4-8-19(9-5-18)28(31,32)33)24(42)17-6-11-21(12-7-17)44-29(34,35)36/h4-14H,16H2,1-3H3. The summed E-state index contributed by atoms with van der Waals surface area (Å²) in [5.41, 5.74) is -7.73. The molecule has 15 heteroatoms. The van der Waals surface area contributed by atoms with Gasteiger partial charge in [-0.05, 0) is 66.4 Å². The van der Waals surface area contributed by atoms with E-state index < -0.39 is 34.1 Å². The Morgan fingerprint density at radius 1 is 0.932 bits per heavy atom. The van der Waals surface area contributed by atoms with Crippen molar-refractivity contribution in [1.82, 2.24) is 19.9 Å². The molecule has 3 aromatic carbocycles. The monoisotopic (exact) mass is 669 g/mol. The van der Waals surface area contributed by atoms with Crippen molar-refractivity contribution in [2.24, 2.45) is 5.41 Å². The second-order valence-corrected chi connectivity index (χ2v) is 12.6. The summed E-state index contributed by atoms with van der Waals surface area (Å²) in [7, 11) is 0. The lowest BCUT2D eigenvalue weighted by Gasteiger charge is -2.46. The van der Waals surface area contributed by atoms with E-state index in [4.69, 9.17) is 23.8 Å². The minimum absolute atomic E-state index is 0.0276. The molecule has 0 fully saturated rings. The summed E-state index contributed by atoms with van der Waals surface area (Å²) < 4.78 is 78.6. The number of alkyl halides is 6. The first kappa shape index (κ1) is 33.2. The van der Waals surface area contributed by atoms with Gasteiger partial charge in [-0.1, -0.05) is 56.7 Å². The molecule has 0 saturated carbocycles. The van der Waals surface area contributed by atoms with Gasteiger partial charge in [-0.15, -0.1) is 0 Å². The Balaban J connectivity index is 1.88. The Labute approximate surface area is 262 Å². The lowest BCUT2D eigenvalue weighted by molar-refractivity contribution is -0.137. The predicted octanol–water partition coefficient (Wildman–Crippen LogP) is 8.54. The normalized spacial score (nSPS) is 13.8. The number of nitrogens with zero attached hydrogens (tertiary/aromatic N) is 5. The molecule has 0 aliphatic carbocycles. The van der Waals surface area contributed by atoms with Gasteiger partial charge in [0.1, 0.15) is 16.0 Å². The van der Waals surface area contributed by atoms with E-state index >= 15 is 0 Å². The Kier molecular flexibility index (Phi) is 9.08. The maximum atomic E-state index is 14.3. The van der Waals surface area contributed by atoms with E-state index in [0.717, 1.165) is 53.4 Å². The lowest BCUT2D eigenvalue weighted by Crippen LogP contribution is -2.62. The number of halogens is 7. The highest BCUT2D eigenvalue weighted by Crippen LogP contribution is 2.41. The van der Waals surface area contributed by atoms with Crippen molar-refractivity contribution in [2.75, 3.05) is 0 Å². The van der Waals surface area contributed by atoms with E-state index in [9.17, 15) is 36.4 Å². The third-order valence-corrected chi connectivity index (χ3v) is 8.15. The maximum Gasteiger partial charge on any atom is 0.446 e. The van der Waals surface area contributed by atoms with Crippen LogP contribution in [0.2, 0.25) is 5.02 Å². The minimum Gasteiger partial charge on any atom is -0.276 e. The first-order chi connectivity index (χ1) is 20.3. The summed E-state index contributed by atoms with van der Waals surface area (Å²) >= 11 is 11.4. The molecule has 1 aromatic heterocycles. The molecule has 0 spiro atoms. The highest BCUT2D eigenvalue weighted by atomic mass is 35.5. The molecule has 4 rings (SSSR count). The predicted molar refractivity (Wildman–Crippen MR) is 158 cm³/mol. The van der Waals surface area contributed by atoms with E-state index in [1.807, 2.05) is 0 Å². The number of fused-ring (bicyclic) bond motifs is 1. The summed E-state index contributed by atoms with van der Waals surface area (Å²) in [5, 5.41) is 20.0. The Morgan fingerprint density at radius 3 is 2.02 bits per heavy atom. The Bertz CT molecular complexity index is 1740. The van der Waals surface area contributed by atoms with Crippen LogP contribution in [0.3, 0.4) is 0 Å². The lowest BCUT2D eigenvalue weighted by atomic mass is 9.72. The SMILES string of the molecule is CC(C)(C)C(C#N)(Cn1nc2ccc(Cl)cc2n1)N(C(=O)c1ccc(SC(F)(F)F)cc1)C(=S)c1ccc(C(F)(F)F)cc1. The van der Waals surface area contributed by atoms with Crippen LogP contribution >= 0.6 is 35.6 Å². The largest absolute Gasteiger partial charge is 0.446 e. The van der Waals surface area contributed by atoms with Crippen LogP contribution < -0.4 is 0 Å². The number of carbonyl (C=O) groups is 1. The van der Waals surface area contributed by atoms with E-state index in [0.29, 0.717) is 16.1 Å². The molecule has 1 atom stereocenters. The molecular formula is C29H22ClF6N5OS2. The van der Waals surface area contributed by atoms with Crippen molar-refractivity contribution in [3.8, 4) is 6.07 Å². The molecule has 230 valence electrons. The molecule has 0 radical (unpaired) electrons. The van der Waals surface area contributed by atoms with Crippen molar-refractivity contribution in [2.45, 2.75) is 49.4 Å². The van der Waals surface area contributed by atoms with Gasteiger partial charge in [0.15, 0.2) is 5.54 Å². The average molecular weight is 670 g/mol. The summed E-state index contributed by atoms with van der Waals surface area (Å²) in [6.07, 6.45) is -4.63. The molecule has 6 nitrogen and oxygen atoms in total. The van der Waals surface area contributed by atoms with Gasteiger partial charge in [-0.25, -0.2) is 0 Å². The molecule has 1 amide bonds. The highest BCUT2D eigenvalue weighted by molar-refractivity contribution is 8.00. The number of carbonyl (C=O) groups excluding carboxylic acids is 1. The molecule has 0 N–H and O–H groups in total. The van der Waals surface area contributed by atoms with Crippen molar-refractivity contribution in [1.29, 1.82) is 5.26 Å². The molecular weight excluding hydrogens is 648 g/mol. The molecule has 4 aromatic rings. The molecule has 0 saturated heterocycles. The molecule has 1 unspecified atom stereocenters. The number of benzene rings is 3. The first-order valence-corrected chi connectivity index (χ1v) is 14.3. The van der Waals surface area contributed by atoms with E-state index in [2.05, 4.69) is 16.3 Å². The van der Waals surface area contributed by atoms with Crippen LogP contribution in [0.25, 0.3) is 11.0 Å². The molecule has 1 heterocycles. The third kappa shape index (κ3) is 7.00. The van der Waals surface area contributed by atoms with Crippen molar-refractivity contribution in [3.05, 3.63) is 88.4 Å². The fraction of sp³-hybridized carbons (Fsp3) is 0.276. The second-order valence-electron chi connectivity index (χ2n) is 10.7. The van der Waals surface area contributed by atoms with Crippen LogP contribution in [0.5, 0.6) is 0 Å². The Morgan fingerprint density at radius 2 is 1.50 bits per heavy atom. The molecule has 44 heavy (non-hydrogen) atoms. The topological polar surface area (TPSA) is 74.8 Å². The quantitative estimate of drug-likeness (QED) is 0.116. The van der Waals surface area contributed by atoms with Crippen molar-refractivity contribution in [3.63, 3.8) is 0 Å². The molecule has 0 bridgehead atoms. The number of amides is 1. The zero-order valence-corrected chi connectivity index (χ0v) is 25.6. The van der Waals surface area contributed by atoms with Gasteiger partial charge in [0.2, 0.25) is 0 Å². The van der Waals surface area contributed by atoms with E-state index in [1.165, 1.54) is 4.80 Å². The van der Waals surface area contributed by atoms with Crippen LogP contribution in [0.4, 0.5) is 26.3 Å². The zero-order valence-electron chi connectivity index (χ0n) is 23.2. The van der Waals surface area contributed by atoms with Crippen LogP contribution in [0.1, 0.15) is 42.3 Å². The second kappa shape index (κ2) is 12.0. The summed E-state index contributed by atoms with van der Waals surface area (Å²) in [6, 6.07) is 15.2. The highest BCUT2D eigenvalue weighted by Gasteiger charge is 2.52. The maximum absolute atomic E-state index is 14.3. The van der Waals surface area contributed by atoms with Gasteiger partial charge in [-0.2, -0.15) is 46.6 Å². The number of aromatic nitrogens is 3. The van der Waals surface area contributed by atoms with Gasteiger partial charge in [-0.3, -0.25) is 9.69 Å². The number of hydrogen-bond acceptors (Lipinski definition) is 6.